The number of likely N-dealkylation sites (N-methyl/N-ethyl adjacent to an activating group) is 1. The van der Waals surface area contributed by atoms with Gasteiger partial charge in [-0.1, -0.05) is 17.7 Å². The molecule has 0 aliphatic carbocycles. The smallest absolute Gasteiger partial charge is 0.0761 e. The van der Waals surface area contributed by atoms with E-state index in [2.05, 4.69) is 9.88 Å². The second-order valence-electron chi connectivity index (χ2n) is 5.59. The van der Waals surface area contributed by atoms with Crippen LogP contribution in [-0.4, -0.2) is 34.2 Å². The van der Waals surface area contributed by atoms with Crippen molar-refractivity contribution >= 4 is 22.5 Å². The summed E-state index contributed by atoms with van der Waals surface area (Å²) in [6, 6.07) is 7.76. The standard InChI is InChI=1S/C15H19ClN2O/c1-15(2,19)10-18(3)9-11-6-7-13(16)12-5-4-8-17-14(11)12/h4-8,19H,9-10H2,1-3H3. The Morgan fingerprint density at radius 1 is 1.32 bits per heavy atom. The van der Waals surface area contributed by atoms with Crippen LogP contribution in [0.15, 0.2) is 30.5 Å². The van der Waals surface area contributed by atoms with Gasteiger partial charge < -0.3 is 5.11 Å². The van der Waals surface area contributed by atoms with E-state index in [0.717, 1.165) is 28.0 Å². The predicted octanol–water partition coefficient (Wildman–Crippen LogP) is 3.09. The molecule has 0 unspecified atom stereocenters. The Balaban J connectivity index is 2.29. The van der Waals surface area contributed by atoms with Gasteiger partial charge >= 0.3 is 0 Å². The number of hydrogen-bond donors (Lipinski definition) is 1. The summed E-state index contributed by atoms with van der Waals surface area (Å²) >= 11 is 6.18. The van der Waals surface area contributed by atoms with Crippen molar-refractivity contribution in [3.05, 3.63) is 41.0 Å². The van der Waals surface area contributed by atoms with Crippen LogP contribution >= 0.6 is 11.6 Å². The van der Waals surface area contributed by atoms with Gasteiger partial charge in [-0.25, -0.2) is 0 Å². The minimum Gasteiger partial charge on any atom is -0.389 e. The van der Waals surface area contributed by atoms with Gasteiger partial charge in [0.15, 0.2) is 0 Å². The third-order valence-corrected chi connectivity index (χ3v) is 3.23. The van der Waals surface area contributed by atoms with Crippen LogP contribution in [0.5, 0.6) is 0 Å². The van der Waals surface area contributed by atoms with E-state index in [0.29, 0.717) is 6.54 Å². The van der Waals surface area contributed by atoms with Crippen LogP contribution in [0.3, 0.4) is 0 Å². The first-order valence-electron chi connectivity index (χ1n) is 6.30. The minimum atomic E-state index is -0.704. The summed E-state index contributed by atoms with van der Waals surface area (Å²) in [5.41, 5.74) is 1.34. The number of pyridine rings is 1. The zero-order chi connectivity index (χ0) is 14.0. The molecule has 1 aromatic carbocycles. The molecule has 2 aromatic rings. The second kappa shape index (κ2) is 5.45. The van der Waals surface area contributed by atoms with Gasteiger partial charge in [-0.2, -0.15) is 0 Å². The summed E-state index contributed by atoms with van der Waals surface area (Å²) in [6.45, 7) is 4.95. The van der Waals surface area contributed by atoms with Crippen LogP contribution in [0.2, 0.25) is 5.02 Å². The lowest BCUT2D eigenvalue weighted by Crippen LogP contribution is -2.35. The van der Waals surface area contributed by atoms with E-state index in [1.807, 2.05) is 45.2 Å². The van der Waals surface area contributed by atoms with Crippen molar-refractivity contribution in [3.8, 4) is 0 Å². The summed E-state index contributed by atoms with van der Waals surface area (Å²) in [6.07, 6.45) is 1.78. The lowest BCUT2D eigenvalue weighted by atomic mass is 10.1. The lowest BCUT2D eigenvalue weighted by Gasteiger charge is -2.25. The Hall–Kier alpha value is -1.16. The molecule has 0 saturated heterocycles. The number of aromatic nitrogens is 1. The summed E-state index contributed by atoms with van der Waals surface area (Å²) in [5.74, 6) is 0. The molecule has 0 bridgehead atoms. The van der Waals surface area contributed by atoms with E-state index >= 15 is 0 Å². The predicted molar refractivity (Wildman–Crippen MR) is 79.4 cm³/mol. The molecular formula is C15H19ClN2O. The van der Waals surface area contributed by atoms with Crippen molar-refractivity contribution in [2.45, 2.75) is 26.0 Å². The van der Waals surface area contributed by atoms with Gasteiger partial charge in [-0.15, -0.1) is 0 Å². The van der Waals surface area contributed by atoms with Crippen LogP contribution in [0.1, 0.15) is 19.4 Å². The average Bonchev–Trinajstić information content (AvgIpc) is 2.31. The number of nitrogens with zero attached hydrogens (tertiary/aromatic N) is 2. The zero-order valence-corrected chi connectivity index (χ0v) is 12.3. The third kappa shape index (κ3) is 3.66. The van der Waals surface area contributed by atoms with E-state index in [-0.39, 0.29) is 0 Å². The molecule has 0 saturated carbocycles. The van der Waals surface area contributed by atoms with Gasteiger partial charge in [-0.3, -0.25) is 9.88 Å². The summed E-state index contributed by atoms with van der Waals surface area (Å²) < 4.78 is 0. The highest BCUT2D eigenvalue weighted by molar-refractivity contribution is 6.35. The summed E-state index contributed by atoms with van der Waals surface area (Å²) in [4.78, 5) is 6.50. The number of aliphatic hydroxyl groups is 1. The largest absolute Gasteiger partial charge is 0.389 e. The minimum absolute atomic E-state index is 0.601. The van der Waals surface area contributed by atoms with E-state index in [9.17, 15) is 5.11 Å². The van der Waals surface area contributed by atoms with Crippen LogP contribution in [0.25, 0.3) is 10.9 Å². The van der Waals surface area contributed by atoms with Gasteiger partial charge in [0.05, 0.1) is 11.1 Å². The van der Waals surface area contributed by atoms with Crippen LogP contribution < -0.4 is 0 Å². The number of hydrogen-bond acceptors (Lipinski definition) is 3. The van der Waals surface area contributed by atoms with Gasteiger partial charge in [0, 0.05) is 29.7 Å². The topological polar surface area (TPSA) is 36.4 Å². The van der Waals surface area contributed by atoms with Crippen molar-refractivity contribution in [3.63, 3.8) is 0 Å². The van der Waals surface area contributed by atoms with Gasteiger partial charge in [0.1, 0.15) is 0 Å². The van der Waals surface area contributed by atoms with Crippen molar-refractivity contribution in [2.75, 3.05) is 13.6 Å². The molecule has 0 aliphatic heterocycles. The lowest BCUT2D eigenvalue weighted by molar-refractivity contribution is 0.0426. The summed E-state index contributed by atoms with van der Waals surface area (Å²) in [5, 5.41) is 11.5. The highest BCUT2D eigenvalue weighted by Crippen LogP contribution is 2.25. The van der Waals surface area contributed by atoms with E-state index in [4.69, 9.17) is 11.6 Å². The molecule has 4 heteroatoms. The van der Waals surface area contributed by atoms with Crippen LogP contribution in [0.4, 0.5) is 0 Å². The maximum atomic E-state index is 9.85. The van der Waals surface area contributed by atoms with E-state index in [1.165, 1.54) is 0 Å². The van der Waals surface area contributed by atoms with E-state index < -0.39 is 5.60 Å². The number of fused-ring (bicyclic) bond motifs is 1. The van der Waals surface area contributed by atoms with Crippen molar-refractivity contribution in [1.82, 2.24) is 9.88 Å². The first-order chi connectivity index (χ1) is 8.87. The zero-order valence-electron chi connectivity index (χ0n) is 11.5. The Bertz CT molecular complexity index is 578. The molecule has 0 fully saturated rings. The van der Waals surface area contributed by atoms with Crippen molar-refractivity contribution < 1.29 is 5.11 Å². The van der Waals surface area contributed by atoms with Crippen LogP contribution in [-0.2, 0) is 6.54 Å². The van der Waals surface area contributed by atoms with Crippen molar-refractivity contribution in [2.24, 2.45) is 0 Å². The maximum Gasteiger partial charge on any atom is 0.0761 e. The molecule has 19 heavy (non-hydrogen) atoms. The first kappa shape index (κ1) is 14.3. The third-order valence-electron chi connectivity index (χ3n) is 2.90. The molecule has 1 heterocycles. The Morgan fingerprint density at radius 2 is 2.05 bits per heavy atom. The van der Waals surface area contributed by atoms with Crippen molar-refractivity contribution in [1.29, 1.82) is 0 Å². The summed E-state index contributed by atoms with van der Waals surface area (Å²) in [7, 11) is 1.99. The monoisotopic (exact) mass is 278 g/mol. The Labute approximate surface area is 118 Å². The maximum absolute atomic E-state index is 9.85. The molecule has 102 valence electrons. The van der Waals surface area contributed by atoms with Gasteiger partial charge in [0.2, 0.25) is 0 Å². The normalized spacial score (nSPS) is 12.3. The number of halogens is 1. The van der Waals surface area contributed by atoms with Gasteiger partial charge in [-0.05, 0) is 44.7 Å². The number of benzene rings is 1. The highest BCUT2D eigenvalue weighted by Gasteiger charge is 2.16. The Morgan fingerprint density at radius 3 is 2.74 bits per heavy atom. The fraction of sp³-hybridized carbons (Fsp3) is 0.400. The quantitative estimate of drug-likeness (QED) is 0.934. The molecule has 0 amide bonds. The van der Waals surface area contributed by atoms with Crippen LogP contribution in [0, 0.1) is 0 Å². The average molecular weight is 279 g/mol. The molecule has 0 atom stereocenters. The SMILES string of the molecule is CN(Cc1ccc(Cl)c2cccnc12)CC(C)(C)O. The molecule has 1 N–H and O–H groups in total. The molecule has 0 aliphatic rings. The second-order valence-corrected chi connectivity index (χ2v) is 6.00. The number of rotatable bonds is 4. The molecule has 0 spiro atoms. The highest BCUT2D eigenvalue weighted by atomic mass is 35.5. The fourth-order valence-corrected chi connectivity index (χ4v) is 2.55. The molecule has 3 nitrogen and oxygen atoms in total. The molecular weight excluding hydrogens is 260 g/mol. The molecule has 0 radical (unpaired) electrons. The molecule has 2 rings (SSSR count). The first-order valence-corrected chi connectivity index (χ1v) is 6.68. The Kier molecular flexibility index (Phi) is 4.09. The fourth-order valence-electron chi connectivity index (χ4n) is 2.33. The van der Waals surface area contributed by atoms with Gasteiger partial charge in [0.25, 0.3) is 0 Å². The molecule has 1 aromatic heterocycles. The van der Waals surface area contributed by atoms with E-state index in [1.54, 1.807) is 6.20 Å².